The van der Waals surface area contributed by atoms with Crippen molar-refractivity contribution in [3.63, 3.8) is 0 Å². The number of nitrogens with zero attached hydrogens (tertiary/aromatic N) is 2. The maximum atomic E-state index is 11.3. The number of likely N-dealkylation sites (N-methyl/N-ethyl adjacent to an activating group) is 1. The van der Waals surface area contributed by atoms with Gasteiger partial charge in [0.25, 0.3) is 0 Å². The largest absolute Gasteiger partial charge is 0.469 e. The number of piperazine rings is 1. The van der Waals surface area contributed by atoms with Gasteiger partial charge < -0.3 is 15.0 Å². The molecule has 0 aromatic rings. The molecule has 0 aromatic carbocycles. The Labute approximate surface area is 104 Å². The average molecular weight is 243 g/mol. The fraction of sp³-hybridized carbons (Fsp3) is 0.917. The van der Waals surface area contributed by atoms with Gasteiger partial charge >= 0.3 is 5.97 Å². The van der Waals surface area contributed by atoms with Gasteiger partial charge in [-0.2, -0.15) is 0 Å². The smallest absolute Gasteiger partial charge is 0.309 e. The molecule has 1 fully saturated rings. The van der Waals surface area contributed by atoms with Crippen molar-refractivity contribution in [2.24, 2.45) is 5.92 Å². The first-order chi connectivity index (χ1) is 8.13. The van der Waals surface area contributed by atoms with Gasteiger partial charge in [-0.05, 0) is 7.05 Å². The minimum Gasteiger partial charge on any atom is -0.469 e. The molecule has 1 aliphatic heterocycles. The van der Waals surface area contributed by atoms with E-state index < -0.39 is 0 Å². The highest BCUT2D eigenvalue weighted by Crippen LogP contribution is 2.01. The van der Waals surface area contributed by atoms with E-state index >= 15 is 0 Å². The van der Waals surface area contributed by atoms with E-state index in [4.69, 9.17) is 4.74 Å². The normalized spacial score (nSPS) is 19.3. The first-order valence-electron chi connectivity index (χ1n) is 6.33. The van der Waals surface area contributed by atoms with Crippen molar-refractivity contribution in [3.8, 4) is 0 Å². The molecule has 0 radical (unpaired) electrons. The van der Waals surface area contributed by atoms with Crippen molar-refractivity contribution in [2.45, 2.75) is 6.92 Å². The van der Waals surface area contributed by atoms with E-state index in [1.807, 2.05) is 6.92 Å². The molecule has 0 aliphatic carbocycles. The van der Waals surface area contributed by atoms with Crippen molar-refractivity contribution in [1.29, 1.82) is 0 Å². The third-order valence-electron chi connectivity index (χ3n) is 3.20. The third kappa shape index (κ3) is 5.48. The van der Waals surface area contributed by atoms with Gasteiger partial charge in [-0.15, -0.1) is 0 Å². The number of nitrogens with one attached hydrogen (secondary N) is 1. The number of hydrogen-bond donors (Lipinski definition) is 1. The quantitative estimate of drug-likeness (QED) is 0.645. The van der Waals surface area contributed by atoms with Crippen LogP contribution in [0.15, 0.2) is 0 Å². The van der Waals surface area contributed by atoms with Crippen LogP contribution in [0.5, 0.6) is 0 Å². The molecule has 5 nitrogen and oxygen atoms in total. The monoisotopic (exact) mass is 243 g/mol. The second-order valence-corrected chi connectivity index (χ2v) is 4.78. The lowest BCUT2D eigenvalue weighted by Crippen LogP contribution is -2.46. The van der Waals surface area contributed by atoms with Crippen LogP contribution >= 0.6 is 0 Å². The molecule has 0 spiro atoms. The van der Waals surface area contributed by atoms with Crippen LogP contribution in [0, 0.1) is 5.92 Å². The predicted octanol–water partition coefficient (Wildman–Crippen LogP) is -0.367. The molecule has 100 valence electrons. The number of carbonyl (C=O) groups is 1. The zero-order valence-corrected chi connectivity index (χ0v) is 11.2. The van der Waals surface area contributed by atoms with Crippen LogP contribution in [0.1, 0.15) is 6.92 Å². The molecule has 1 N–H and O–H groups in total. The lowest BCUT2D eigenvalue weighted by Gasteiger charge is -2.29. The molecule has 1 unspecified atom stereocenters. The topological polar surface area (TPSA) is 44.8 Å². The fourth-order valence-corrected chi connectivity index (χ4v) is 2.08. The highest BCUT2D eigenvalue weighted by atomic mass is 16.5. The second-order valence-electron chi connectivity index (χ2n) is 4.78. The molecule has 0 amide bonds. The van der Waals surface area contributed by atoms with Gasteiger partial charge in [0, 0.05) is 45.8 Å². The molecule has 1 atom stereocenters. The highest BCUT2D eigenvalue weighted by molar-refractivity contribution is 5.71. The van der Waals surface area contributed by atoms with Gasteiger partial charge in [-0.3, -0.25) is 9.69 Å². The molecule has 0 saturated carbocycles. The molecule has 0 aromatic heterocycles. The minimum atomic E-state index is -0.126. The maximum absolute atomic E-state index is 11.3. The lowest BCUT2D eigenvalue weighted by molar-refractivity contribution is -0.145. The first-order valence-corrected chi connectivity index (χ1v) is 6.33. The molecular formula is C12H25N3O2. The van der Waals surface area contributed by atoms with Crippen LogP contribution in [-0.4, -0.2) is 75.7 Å². The average Bonchev–Trinajstić information content (AvgIpc) is 2.36. The fourth-order valence-electron chi connectivity index (χ4n) is 2.08. The van der Waals surface area contributed by atoms with Gasteiger partial charge in [0.1, 0.15) is 0 Å². The van der Waals surface area contributed by atoms with E-state index in [0.29, 0.717) is 0 Å². The summed E-state index contributed by atoms with van der Waals surface area (Å²) < 4.78 is 4.72. The van der Waals surface area contributed by atoms with Crippen molar-refractivity contribution in [1.82, 2.24) is 15.1 Å². The SMILES string of the molecule is COC(=O)C(C)CN(C)CCN1CCNCC1. The molecule has 1 rings (SSSR count). The van der Waals surface area contributed by atoms with Crippen LogP contribution in [-0.2, 0) is 9.53 Å². The van der Waals surface area contributed by atoms with E-state index in [1.54, 1.807) is 0 Å². The van der Waals surface area contributed by atoms with Gasteiger partial charge in [0.15, 0.2) is 0 Å². The number of hydrogen-bond acceptors (Lipinski definition) is 5. The summed E-state index contributed by atoms with van der Waals surface area (Å²) in [7, 11) is 3.50. The summed E-state index contributed by atoms with van der Waals surface area (Å²) in [6, 6.07) is 0. The van der Waals surface area contributed by atoms with Crippen molar-refractivity contribution >= 4 is 5.97 Å². The lowest BCUT2D eigenvalue weighted by atomic mass is 10.2. The van der Waals surface area contributed by atoms with Crippen LogP contribution in [0.2, 0.25) is 0 Å². The Morgan fingerprint density at radius 3 is 2.71 bits per heavy atom. The summed E-state index contributed by atoms with van der Waals surface area (Å²) in [4.78, 5) is 15.9. The van der Waals surface area contributed by atoms with E-state index in [0.717, 1.165) is 45.8 Å². The van der Waals surface area contributed by atoms with Crippen LogP contribution in [0.3, 0.4) is 0 Å². The first kappa shape index (κ1) is 14.4. The minimum absolute atomic E-state index is 0.0481. The van der Waals surface area contributed by atoms with E-state index in [9.17, 15) is 4.79 Å². The van der Waals surface area contributed by atoms with Crippen molar-refractivity contribution < 1.29 is 9.53 Å². The Bertz CT molecular complexity index is 230. The Kier molecular flexibility index (Phi) is 6.47. The van der Waals surface area contributed by atoms with Gasteiger partial charge in [-0.25, -0.2) is 0 Å². The maximum Gasteiger partial charge on any atom is 0.309 e. The summed E-state index contributed by atoms with van der Waals surface area (Å²) in [6.45, 7) is 9.17. The molecule has 5 heteroatoms. The number of rotatable bonds is 6. The number of methoxy groups -OCH3 is 1. The summed E-state index contributed by atoms with van der Waals surface area (Å²) in [6.07, 6.45) is 0. The summed E-state index contributed by atoms with van der Waals surface area (Å²) in [5.41, 5.74) is 0. The summed E-state index contributed by atoms with van der Waals surface area (Å²) in [5, 5.41) is 3.34. The van der Waals surface area contributed by atoms with Crippen molar-refractivity contribution in [2.75, 3.05) is 60.0 Å². The van der Waals surface area contributed by atoms with E-state index in [2.05, 4.69) is 22.2 Å². The van der Waals surface area contributed by atoms with Gasteiger partial charge in [0.2, 0.25) is 0 Å². The summed E-state index contributed by atoms with van der Waals surface area (Å²) in [5.74, 6) is -0.174. The molecule has 0 bridgehead atoms. The highest BCUT2D eigenvalue weighted by Gasteiger charge is 2.16. The number of esters is 1. The standard InChI is InChI=1S/C12H25N3O2/c1-11(12(16)17-3)10-14(2)8-9-15-6-4-13-5-7-15/h11,13H,4-10H2,1-3H3. The van der Waals surface area contributed by atoms with Crippen LogP contribution in [0.4, 0.5) is 0 Å². The Morgan fingerprint density at radius 2 is 2.12 bits per heavy atom. The van der Waals surface area contributed by atoms with Crippen molar-refractivity contribution in [3.05, 3.63) is 0 Å². The van der Waals surface area contributed by atoms with Gasteiger partial charge in [0.05, 0.1) is 13.0 Å². The molecule has 1 heterocycles. The Morgan fingerprint density at radius 1 is 1.47 bits per heavy atom. The van der Waals surface area contributed by atoms with E-state index in [1.165, 1.54) is 7.11 Å². The molecular weight excluding hydrogens is 218 g/mol. The zero-order valence-electron chi connectivity index (χ0n) is 11.2. The van der Waals surface area contributed by atoms with E-state index in [-0.39, 0.29) is 11.9 Å². The summed E-state index contributed by atoms with van der Waals surface area (Å²) >= 11 is 0. The second kappa shape index (κ2) is 7.63. The Hall–Kier alpha value is -0.650. The van der Waals surface area contributed by atoms with Crippen LogP contribution < -0.4 is 5.32 Å². The molecule has 17 heavy (non-hydrogen) atoms. The number of ether oxygens (including phenoxy) is 1. The van der Waals surface area contributed by atoms with Crippen LogP contribution in [0.25, 0.3) is 0 Å². The third-order valence-corrected chi connectivity index (χ3v) is 3.20. The number of carbonyl (C=O) groups excluding carboxylic acids is 1. The zero-order chi connectivity index (χ0) is 12.7. The Balaban J connectivity index is 2.15. The molecule has 1 aliphatic rings. The van der Waals surface area contributed by atoms with Gasteiger partial charge in [-0.1, -0.05) is 6.92 Å². The predicted molar refractivity (Wildman–Crippen MR) is 68.0 cm³/mol. The molecule has 1 saturated heterocycles.